The van der Waals surface area contributed by atoms with Gasteiger partial charge in [0.25, 0.3) is 0 Å². The third-order valence-corrected chi connectivity index (χ3v) is 4.72. The second-order valence-corrected chi connectivity index (χ2v) is 6.22. The number of rotatable bonds is 3. The number of nitrogens with one attached hydrogen (secondary N) is 1. The van der Waals surface area contributed by atoms with E-state index in [4.69, 9.17) is 11.6 Å². The van der Waals surface area contributed by atoms with Crippen molar-refractivity contribution in [1.29, 1.82) is 0 Å². The monoisotopic (exact) mass is 318 g/mol. The number of carbonyl (C=O) groups is 1. The molecular formula is C16H19ClN4O. The van der Waals surface area contributed by atoms with E-state index in [0.717, 1.165) is 41.8 Å². The summed E-state index contributed by atoms with van der Waals surface area (Å²) in [5, 5.41) is 12.0. The molecule has 1 aromatic heterocycles. The summed E-state index contributed by atoms with van der Waals surface area (Å²) in [6, 6.07) is 5.92. The van der Waals surface area contributed by atoms with Gasteiger partial charge in [-0.25, -0.2) is 0 Å². The van der Waals surface area contributed by atoms with Crippen LogP contribution in [0.3, 0.4) is 0 Å². The zero-order valence-corrected chi connectivity index (χ0v) is 13.5. The van der Waals surface area contributed by atoms with Gasteiger partial charge in [0.2, 0.25) is 5.91 Å². The first-order valence-corrected chi connectivity index (χ1v) is 7.83. The summed E-state index contributed by atoms with van der Waals surface area (Å²) in [4.78, 5) is 12.3. The van der Waals surface area contributed by atoms with Crippen LogP contribution in [0.2, 0.25) is 5.02 Å². The predicted molar refractivity (Wildman–Crippen MR) is 84.9 cm³/mol. The molecule has 22 heavy (non-hydrogen) atoms. The number of carbonyl (C=O) groups excluding carboxylic acids is 1. The Kier molecular flexibility index (Phi) is 4.16. The molecule has 116 valence electrons. The maximum Gasteiger partial charge on any atom is 0.224 e. The van der Waals surface area contributed by atoms with Crippen LogP contribution in [0.1, 0.15) is 28.9 Å². The van der Waals surface area contributed by atoms with Gasteiger partial charge in [-0.2, -0.15) is 0 Å². The molecule has 5 nitrogen and oxygen atoms in total. The van der Waals surface area contributed by atoms with Crippen molar-refractivity contribution in [3.05, 3.63) is 45.7 Å². The molecule has 1 amide bonds. The Labute approximate surface area is 134 Å². The van der Waals surface area contributed by atoms with Crippen molar-refractivity contribution in [2.75, 3.05) is 0 Å². The zero-order valence-electron chi connectivity index (χ0n) is 12.8. The normalized spacial score (nSPS) is 17.1. The molecule has 1 heterocycles. The number of benzene rings is 1. The molecule has 0 bridgehead atoms. The molecule has 1 atom stereocenters. The standard InChI is InChI=1S/C16H19ClN4O/c1-10-4-3-5-11(16(10)17)8-15(22)18-12-6-7-13-14(9-12)21(2)20-19-13/h3-5,12H,6-9H2,1-2H3,(H,18,22). The summed E-state index contributed by atoms with van der Waals surface area (Å²) in [5.74, 6) is 0.0103. The zero-order chi connectivity index (χ0) is 15.7. The molecule has 3 rings (SSSR count). The smallest absolute Gasteiger partial charge is 0.224 e. The van der Waals surface area contributed by atoms with Gasteiger partial charge in [-0.1, -0.05) is 35.0 Å². The molecule has 1 aliphatic carbocycles. The number of fused-ring (bicyclic) bond motifs is 1. The fourth-order valence-corrected chi connectivity index (χ4v) is 3.12. The van der Waals surface area contributed by atoms with Crippen LogP contribution in [0, 0.1) is 6.92 Å². The largest absolute Gasteiger partial charge is 0.353 e. The van der Waals surface area contributed by atoms with E-state index in [2.05, 4.69) is 15.6 Å². The van der Waals surface area contributed by atoms with Crippen molar-refractivity contribution in [2.24, 2.45) is 7.05 Å². The van der Waals surface area contributed by atoms with Gasteiger partial charge in [0, 0.05) is 24.5 Å². The van der Waals surface area contributed by atoms with E-state index >= 15 is 0 Å². The van der Waals surface area contributed by atoms with Gasteiger partial charge in [0.05, 0.1) is 17.8 Å². The van der Waals surface area contributed by atoms with Crippen LogP contribution in [0.5, 0.6) is 0 Å². The lowest BCUT2D eigenvalue weighted by Gasteiger charge is -2.23. The summed E-state index contributed by atoms with van der Waals surface area (Å²) in [7, 11) is 1.89. The van der Waals surface area contributed by atoms with E-state index in [-0.39, 0.29) is 11.9 Å². The van der Waals surface area contributed by atoms with Gasteiger partial charge in [0.15, 0.2) is 0 Å². The second-order valence-electron chi connectivity index (χ2n) is 5.84. The lowest BCUT2D eigenvalue weighted by Crippen LogP contribution is -2.40. The highest BCUT2D eigenvalue weighted by Gasteiger charge is 2.24. The van der Waals surface area contributed by atoms with Crippen molar-refractivity contribution in [2.45, 2.75) is 38.6 Å². The molecule has 1 unspecified atom stereocenters. The first kappa shape index (κ1) is 15.0. The number of hydrogen-bond donors (Lipinski definition) is 1. The number of nitrogens with zero attached hydrogens (tertiary/aromatic N) is 3. The van der Waals surface area contributed by atoms with Crippen molar-refractivity contribution in [1.82, 2.24) is 20.3 Å². The Morgan fingerprint density at radius 2 is 2.32 bits per heavy atom. The van der Waals surface area contributed by atoms with Crippen LogP contribution in [-0.2, 0) is 31.1 Å². The second kappa shape index (κ2) is 6.08. The molecule has 0 aliphatic heterocycles. The number of halogens is 1. The fraction of sp³-hybridized carbons (Fsp3) is 0.438. The average Bonchev–Trinajstić information content (AvgIpc) is 2.85. The highest BCUT2D eigenvalue weighted by molar-refractivity contribution is 6.32. The fourth-order valence-electron chi connectivity index (χ4n) is 2.93. The minimum Gasteiger partial charge on any atom is -0.353 e. The number of aromatic nitrogens is 3. The Hall–Kier alpha value is -1.88. The molecule has 1 aromatic carbocycles. The summed E-state index contributed by atoms with van der Waals surface area (Å²) < 4.78 is 1.80. The third-order valence-electron chi connectivity index (χ3n) is 4.18. The Morgan fingerprint density at radius 3 is 3.14 bits per heavy atom. The first-order valence-electron chi connectivity index (χ1n) is 7.45. The maximum atomic E-state index is 12.3. The van der Waals surface area contributed by atoms with E-state index in [1.165, 1.54) is 0 Å². The van der Waals surface area contributed by atoms with Gasteiger partial charge in [-0.15, -0.1) is 5.10 Å². The van der Waals surface area contributed by atoms with Crippen LogP contribution in [-0.4, -0.2) is 26.9 Å². The lowest BCUT2D eigenvalue weighted by molar-refractivity contribution is -0.121. The summed E-state index contributed by atoms with van der Waals surface area (Å²) in [5.41, 5.74) is 4.04. The summed E-state index contributed by atoms with van der Waals surface area (Å²) in [6.45, 7) is 1.95. The SMILES string of the molecule is Cc1cccc(CC(=O)NC2CCc3nnn(C)c3C2)c1Cl. The third kappa shape index (κ3) is 2.99. The van der Waals surface area contributed by atoms with Crippen LogP contribution >= 0.6 is 11.6 Å². The number of hydrogen-bond acceptors (Lipinski definition) is 3. The van der Waals surface area contributed by atoms with Crippen LogP contribution < -0.4 is 5.32 Å². The van der Waals surface area contributed by atoms with Crippen molar-refractivity contribution in [3.8, 4) is 0 Å². The summed E-state index contributed by atoms with van der Waals surface area (Å²) >= 11 is 6.25. The molecule has 6 heteroatoms. The number of aryl methyl sites for hydroxylation is 3. The van der Waals surface area contributed by atoms with Gasteiger partial charge in [-0.05, 0) is 30.9 Å². The minimum atomic E-state index is 0.0103. The predicted octanol–water partition coefficient (Wildman–Crippen LogP) is 1.99. The molecule has 2 aromatic rings. The molecule has 0 radical (unpaired) electrons. The topological polar surface area (TPSA) is 59.8 Å². The molecular weight excluding hydrogens is 300 g/mol. The van der Waals surface area contributed by atoms with Crippen molar-refractivity contribution in [3.63, 3.8) is 0 Å². The van der Waals surface area contributed by atoms with Gasteiger partial charge >= 0.3 is 0 Å². The molecule has 0 saturated heterocycles. The van der Waals surface area contributed by atoms with Gasteiger partial charge in [-0.3, -0.25) is 9.48 Å². The molecule has 0 saturated carbocycles. The van der Waals surface area contributed by atoms with Crippen molar-refractivity contribution >= 4 is 17.5 Å². The quantitative estimate of drug-likeness (QED) is 0.941. The van der Waals surface area contributed by atoms with Crippen LogP contribution in [0.15, 0.2) is 18.2 Å². The Morgan fingerprint density at radius 1 is 1.50 bits per heavy atom. The van der Waals surface area contributed by atoms with Gasteiger partial charge < -0.3 is 5.32 Å². The number of amides is 1. The van der Waals surface area contributed by atoms with Gasteiger partial charge in [0.1, 0.15) is 0 Å². The molecule has 0 spiro atoms. The van der Waals surface area contributed by atoms with E-state index in [1.54, 1.807) is 4.68 Å². The van der Waals surface area contributed by atoms with Crippen molar-refractivity contribution < 1.29 is 4.79 Å². The molecule has 0 fully saturated rings. The highest BCUT2D eigenvalue weighted by atomic mass is 35.5. The maximum absolute atomic E-state index is 12.3. The van der Waals surface area contributed by atoms with E-state index < -0.39 is 0 Å². The Balaban J connectivity index is 1.63. The van der Waals surface area contributed by atoms with E-state index in [0.29, 0.717) is 11.4 Å². The van der Waals surface area contributed by atoms with Crippen LogP contribution in [0.25, 0.3) is 0 Å². The summed E-state index contributed by atoms with van der Waals surface area (Å²) in [6.07, 6.45) is 2.86. The highest BCUT2D eigenvalue weighted by Crippen LogP contribution is 2.22. The Bertz CT molecular complexity index is 710. The lowest BCUT2D eigenvalue weighted by atomic mass is 9.95. The van der Waals surface area contributed by atoms with E-state index in [9.17, 15) is 4.79 Å². The minimum absolute atomic E-state index is 0.0103. The van der Waals surface area contributed by atoms with Crippen LogP contribution in [0.4, 0.5) is 0 Å². The molecule has 1 aliphatic rings. The average molecular weight is 319 g/mol. The van der Waals surface area contributed by atoms with E-state index in [1.807, 2.05) is 32.2 Å². The first-order chi connectivity index (χ1) is 10.5. The molecule has 1 N–H and O–H groups in total.